The normalized spacial score (nSPS) is 44.2. The summed E-state index contributed by atoms with van der Waals surface area (Å²) in [6, 6.07) is 0. The van der Waals surface area contributed by atoms with Crippen LogP contribution >= 0.6 is 12.6 Å². The molecule has 0 aromatic carbocycles. The third-order valence-corrected chi connectivity index (χ3v) is 2.91. The minimum absolute atomic E-state index is 0.00336. The highest BCUT2D eigenvalue weighted by Crippen LogP contribution is 2.32. The van der Waals surface area contributed by atoms with Crippen molar-refractivity contribution in [3.8, 4) is 0 Å². The fourth-order valence-corrected chi connectivity index (χ4v) is 2.26. The third kappa shape index (κ3) is 1.58. The molecule has 2 unspecified atom stereocenters. The Balaban J connectivity index is 1.97. The van der Waals surface area contributed by atoms with Crippen LogP contribution in [0.4, 0.5) is 0 Å². The largest absolute Gasteiger partial charge is 0.454 e. The molecule has 2 rings (SSSR count). The number of hydrogen-bond acceptors (Lipinski definition) is 3. The van der Waals surface area contributed by atoms with Crippen LogP contribution in [0.25, 0.3) is 0 Å². The minimum Gasteiger partial charge on any atom is -0.406 e. The van der Waals surface area contributed by atoms with E-state index in [1.165, 1.54) is 6.42 Å². The molecule has 1 aliphatic carbocycles. The van der Waals surface area contributed by atoms with Gasteiger partial charge < -0.3 is 9.31 Å². The van der Waals surface area contributed by atoms with Crippen LogP contribution in [-0.2, 0) is 9.31 Å². The van der Waals surface area contributed by atoms with E-state index in [-0.39, 0.29) is 7.12 Å². The minimum atomic E-state index is 0.00336. The highest BCUT2D eigenvalue weighted by molar-refractivity contribution is 7.80. The van der Waals surface area contributed by atoms with Gasteiger partial charge in [0, 0.05) is 5.25 Å². The van der Waals surface area contributed by atoms with Crippen molar-refractivity contribution in [1.29, 1.82) is 0 Å². The maximum atomic E-state index is 5.56. The zero-order valence-electron chi connectivity index (χ0n) is 6.69. The molecule has 2 fully saturated rings. The first-order valence-corrected chi connectivity index (χ1v) is 4.76. The molecule has 1 aliphatic heterocycles. The number of rotatable bonds is 0. The van der Waals surface area contributed by atoms with E-state index in [4.69, 9.17) is 9.31 Å². The number of fused-ring (bicyclic) bond motifs is 1. The zero-order chi connectivity index (χ0) is 7.84. The molecule has 0 amide bonds. The van der Waals surface area contributed by atoms with Crippen molar-refractivity contribution in [2.24, 2.45) is 0 Å². The maximum absolute atomic E-state index is 5.56. The van der Waals surface area contributed by atoms with Gasteiger partial charge in [-0.05, 0) is 26.1 Å². The molecule has 4 heteroatoms. The Labute approximate surface area is 73.2 Å². The van der Waals surface area contributed by atoms with Crippen molar-refractivity contribution in [2.75, 3.05) is 0 Å². The first-order chi connectivity index (χ1) is 5.25. The first kappa shape index (κ1) is 7.96. The van der Waals surface area contributed by atoms with E-state index in [0.717, 1.165) is 12.8 Å². The highest BCUT2D eigenvalue weighted by Gasteiger charge is 2.39. The van der Waals surface area contributed by atoms with Crippen LogP contribution in [0.1, 0.15) is 19.3 Å². The third-order valence-electron chi connectivity index (χ3n) is 2.44. The fourth-order valence-electron chi connectivity index (χ4n) is 1.90. The number of hydrogen-bond donors (Lipinski definition) is 1. The second-order valence-electron chi connectivity index (χ2n) is 3.38. The van der Waals surface area contributed by atoms with Gasteiger partial charge in [0.2, 0.25) is 0 Å². The van der Waals surface area contributed by atoms with E-state index in [1.54, 1.807) is 0 Å². The van der Waals surface area contributed by atoms with Crippen LogP contribution in [0.3, 0.4) is 0 Å². The van der Waals surface area contributed by atoms with Gasteiger partial charge >= 0.3 is 7.12 Å². The van der Waals surface area contributed by atoms with Gasteiger partial charge in [-0.2, -0.15) is 12.6 Å². The van der Waals surface area contributed by atoms with E-state index < -0.39 is 0 Å². The molecular weight excluding hydrogens is 159 g/mol. The van der Waals surface area contributed by atoms with Crippen molar-refractivity contribution >= 4 is 19.7 Å². The Kier molecular flexibility index (Phi) is 2.17. The van der Waals surface area contributed by atoms with Crippen LogP contribution < -0.4 is 0 Å². The molecule has 0 aromatic heterocycles. The van der Waals surface area contributed by atoms with Gasteiger partial charge in [0.15, 0.2) is 0 Å². The predicted octanol–water partition coefficient (Wildman–Crippen LogP) is 1.37. The molecule has 11 heavy (non-hydrogen) atoms. The molecule has 0 radical (unpaired) electrons. The summed E-state index contributed by atoms with van der Waals surface area (Å²) in [6.45, 7) is 1.96. The van der Waals surface area contributed by atoms with Crippen molar-refractivity contribution in [3.05, 3.63) is 0 Å². The second kappa shape index (κ2) is 3.00. The lowest BCUT2D eigenvalue weighted by atomic mass is 9.95. The summed E-state index contributed by atoms with van der Waals surface area (Å²) in [5, 5.41) is 0.519. The Morgan fingerprint density at radius 1 is 1.27 bits per heavy atom. The standard InChI is InChI=1S/C7H13BO2S/c1-8-9-6-3-2-5(11)4-7(6)10-8/h5-7,11H,2-4H2,1H3/t5?,6?,7-/m0/s1. The highest BCUT2D eigenvalue weighted by atomic mass is 32.1. The van der Waals surface area contributed by atoms with Gasteiger partial charge in [0.1, 0.15) is 0 Å². The molecule has 62 valence electrons. The molecule has 0 N–H and O–H groups in total. The topological polar surface area (TPSA) is 18.5 Å². The Hall–Kier alpha value is 0.335. The molecule has 0 bridgehead atoms. The van der Waals surface area contributed by atoms with Crippen molar-refractivity contribution in [3.63, 3.8) is 0 Å². The van der Waals surface area contributed by atoms with E-state index in [2.05, 4.69) is 12.6 Å². The van der Waals surface area contributed by atoms with Gasteiger partial charge in [-0.3, -0.25) is 0 Å². The lowest BCUT2D eigenvalue weighted by Crippen LogP contribution is -2.31. The summed E-state index contributed by atoms with van der Waals surface area (Å²) in [6.07, 6.45) is 4.01. The van der Waals surface area contributed by atoms with E-state index in [1.807, 2.05) is 6.82 Å². The summed E-state index contributed by atoms with van der Waals surface area (Å²) >= 11 is 4.44. The van der Waals surface area contributed by atoms with E-state index in [9.17, 15) is 0 Å². The average Bonchev–Trinajstić information content (AvgIpc) is 2.27. The van der Waals surface area contributed by atoms with Crippen molar-refractivity contribution in [2.45, 2.75) is 43.5 Å². The summed E-state index contributed by atoms with van der Waals surface area (Å²) in [5.74, 6) is 0. The van der Waals surface area contributed by atoms with Gasteiger partial charge in [0.05, 0.1) is 12.2 Å². The molecule has 0 aromatic rings. The first-order valence-electron chi connectivity index (χ1n) is 4.24. The predicted molar refractivity (Wildman–Crippen MR) is 48.0 cm³/mol. The lowest BCUT2D eigenvalue weighted by Gasteiger charge is -2.27. The van der Waals surface area contributed by atoms with Crippen LogP contribution in [0.5, 0.6) is 0 Å². The quantitative estimate of drug-likeness (QED) is 0.439. The van der Waals surface area contributed by atoms with Gasteiger partial charge in [-0.1, -0.05) is 0 Å². The summed E-state index contributed by atoms with van der Waals surface area (Å²) < 4.78 is 11.1. The van der Waals surface area contributed by atoms with Gasteiger partial charge in [-0.25, -0.2) is 0 Å². The fraction of sp³-hybridized carbons (Fsp3) is 1.00. The summed E-state index contributed by atoms with van der Waals surface area (Å²) in [5.41, 5.74) is 0. The average molecular weight is 172 g/mol. The Morgan fingerprint density at radius 2 is 2.00 bits per heavy atom. The van der Waals surface area contributed by atoms with Crippen LogP contribution in [0, 0.1) is 0 Å². The van der Waals surface area contributed by atoms with E-state index >= 15 is 0 Å². The molecule has 3 atom stereocenters. The van der Waals surface area contributed by atoms with Gasteiger partial charge in [-0.15, -0.1) is 0 Å². The molecular formula is C7H13BO2S. The zero-order valence-corrected chi connectivity index (χ0v) is 7.59. The molecule has 1 saturated carbocycles. The lowest BCUT2D eigenvalue weighted by molar-refractivity contribution is 0.113. The molecule has 1 heterocycles. The van der Waals surface area contributed by atoms with E-state index in [0.29, 0.717) is 17.5 Å². The SMILES string of the molecule is CB1OC2CCC(S)C[C@@H]2O1. The molecule has 1 saturated heterocycles. The summed E-state index contributed by atoms with van der Waals surface area (Å²) in [7, 11) is 0.00336. The van der Waals surface area contributed by atoms with Gasteiger partial charge in [0.25, 0.3) is 0 Å². The Morgan fingerprint density at radius 3 is 2.82 bits per heavy atom. The van der Waals surface area contributed by atoms with Crippen LogP contribution in [0.15, 0.2) is 0 Å². The summed E-state index contributed by atoms with van der Waals surface area (Å²) in [4.78, 5) is 0. The smallest absolute Gasteiger partial charge is 0.406 e. The Bertz CT molecular complexity index is 155. The monoisotopic (exact) mass is 172 g/mol. The van der Waals surface area contributed by atoms with Crippen molar-refractivity contribution < 1.29 is 9.31 Å². The number of thiol groups is 1. The molecule has 0 spiro atoms. The molecule has 2 nitrogen and oxygen atoms in total. The maximum Gasteiger partial charge on any atom is 0.454 e. The van der Waals surface area contributed by atoms with Crippen LogP contribution in [-0.4, -0.2) is 24.6 Å². The molecule has 2 aliphatic rings. The van der Waals surface area contributed by atoms with Crippen LogP contribution in [0.2, 0.25) is 6.82 Å². The van der Waals surface area contributed by atoms with Crippen molar-refractivity contribution in [1.82, 2.24) is 0 Å². The second-order valence-corrected chi connectivity index (χ2v) is 4.11.